The Hall–Kier alpha value is -1.35. The van der Waals surface area contributed by atoms with Crippen molar-refractivity contribution in [3.05, 3.63) is 35.4 Å². The van der Waals surface area contributed by atoms with E-state index in [4.69, 9.17) is 5.73 Å². The van der Waals surface area contributed by atoms with Crippen LogP contribution in [0.25, 0.3) is 0 Å². The van der Waals surface area contributed by atoms with E-state index >= 15 is 0 Å². The first-order valence-electron chi connectivity index (χ1n) is 6.28. The number of nitrogens with two attached hydrogens (primary N) is 1. The van der Waals surface area contributed by atoms with Crippen LogP contribution >= 0.6 is 0 Å². The molecule has 94 valence electrons. The van der Waals surface area contributed by atoms with Crippen molar-refractivity contribution in [1.29, 1.82) is 0 Å². The third-order valence-corrected chi connectivity index (χ3v) is 2.34. The lowest BCUT2D eigenvalue weighted by molar-refractivity contribution is 0.628. The van der Waals surface area contributed by atoms with Gasteiger partial charge < -0.3 is 11.1 Å². The largest absolute Gasteiger partial charge is 0.368 e. The average Bonchev–Trinajstić information content (AvgIpc) is 2.32. The Morgan fingerprint density at radius 1 is 1.29 bits per heavy atom. The number of aryl methyl sites for hydroxylation is 1. The molecule has 1 aliphatic rings. The van der Waals surface area contributed by atoms with Crippen LogP contribution in [0.1, 0.15) is 31.4 Å². The molecule has 0 aromatic heterocycles. The Labute approximate surface area is 104 Å². The standard InChI is InChI=1S/C11H15N3.C3H8/c1-8-2-4-9(5-3-8)11-13-6-10(12)7-14-11;1-3-2/h2-5,10H,6-7,12H2,1H3,(H,13,14);3H2,1-2H3. The molecule has 17 heavy (non-hydrogen) atoms. The minimum absolute atomic E-state index is 0.157. The lowest BCUT2D eigenvalue weighted by atomic mass is 10.1. The summed E-state index contributed by atoms with van der Waals surface area (Å²) in [6, 6.07) is 8.50. The topological polar surface area (TPSA) is 50.4 Å². The molecular formula is C14H23N3. The molecule has 3 N–H and O–H groups in total. The van der Waals surface area contributed by atoms with Crippen LogP contribution in [0.4, 0.5) is 0 Å². The quantitative estimate of drug-likeness (QED) is 0.780. The number of hydrogen-bond donors (Lipinski definition) is 2. The normalized spacial score (nSPS) is 18.6. The molecule has 1 aromatic rings. The Morgan fingerprint density at radius 3 is 2.35 bits per heavy atom. The fraction of sp³-hybridized carbons (Fsp3) is 0.500. The van der Waals surface area contributed by atoms with Gasteiger partial charge in [-0.15, -0.1) is 0 Å². The van der Waals surface area contributed by atoms with Gasteiger partial charge in [0, 0.05) is 18.2 Å². The number of nitrogens with zero attached hydrogens (tertiary/aromatic N) is 1. The number of hydrogen-bond acceptors (Lipinski definition) is 3. The van der Waals surface area contributed by atoms with Crippen LogP contribution in [0.2, 0.25) is 0 Å². The second-order valence-electron chi connectivity index (χ2n) is 4.40. The molecule has 0 fully saturated rings. The molecule has 2 rings (SSSR count). The lowest BCUT2D eigenvalue weighted by Crippen LogP contribution is -2.44. The van der Waals surface area contributed by atoms with E-state index < -0.39 is 0 Å². The van der Waals surface area contributed by atoms with E-state index in [2.05, 4.69) is 55.3 Å². The zero-order chi connectivity index (χ0) is 12.7. The third kappa shape index (κ3) is 4.57. The summed E-state index contributed by atoms with van der Waals surface area (Å²) >= 11 is 0. The molecule has 0 radical (unpaired) electrons. The van der Waals surface area contributed by atoms with E-state index in [1.54, 1.807) is 0 Å². The summed E-state index contributed by atoms with van der Waals surface area (Å²) in [5.74, 6) is 0.965. The molecule has 1 heterocycles. The number of nitrogens with one attached hydrogen (secondary N) is 1. The van der Waals surface area contributed by atoms with Gasteiger partial charge in [0.2, 0.25) is 0 Å². The van der Waals surface area contributed by atoms with E-state index in [1.807, 2.05) is 0 Å². The average molecular weight is 233 g/mol. The van der Waals surface area contributed by atoms with E-state index in [-0.39, 0.29) is 6.04 Å². The first kappa shape index (κ1) is 13.7. The van der Waals surface area contributed by atoms with E-state index in [0.717, 1.165) is 24.5 Å². The fourth-order valence-corrected chi connectivity index (χ4v) is 1.46. The van der Waals surface area contributed by atoms with E-state index in [0.29, 0.717) is 0 Å². The molecule has 0 aliphatic carbocycles. The van der Waals surface area contributed by atoms with Crippen molar-refractivity contribution in [3.63, 3.8) is 0 Å². The highest BCUT2D eigenvalue weighted by Crippen LogP contribution is 2.05. The van der Waals surface area contributed by atoms with Crippen LogP contribution in [0.3, 0.4) is 0 Å². The Morgan fingerprint density at radius 2 is 1.88 bits per heavy atom. The van der Waals surface area contributed by atoms with Crippen LogP contribution in [0.15, 0.2) is 29.3 Å². The van der Waals surface area contributed by atoms with Gasteiger partial charge >= 0.3 is 0 Å². The Balaban J connectivity index is 0.000000437. The van der Waals surface area contributed by atoms with Gasteiger partial charge in [-0.1, -0.05) is 50.1 Å². The second-order valence-corrected chi connectivity index (χ2v) is 4.40. The maximum Gasteiger partial charge on any atom is 0.128 e. The molecule has 0 spiro atoms. The zero-order valence-electron chi connectivity index (χ0n) is 11.0. The van der Waals surface area contributed by atoms with Crippen LogP contribution in [0, 0.1) is 6.92 Å². The van der Waals surface area contributed by atoms with Crippen molar-refractivity contribution >= 4 is 5.84 Å². The lowest BCUT2D eigenvalue weighted by Gasteiger charge is -2.19. The highest BCUT2D eigenvalue weighted by atomic mass is 15.1. The predicted molar refractivity (Wildman–Crippen MR) is 74.5 cm³/mol. The van der Waals surface area contributed by atoms with Gasteiger partial charge in [-0.25, -0.2) is 0 Å². The number of amidine groups is 1. The molecule has 0 saturated carbocycles. The minimum Gasteiger partial charge on any atom is -0.368 e. The fourth-order valence-electron chi connectivity index (χ4n) is 1.46. The highest BCUT2D eigenvalue weighted by Gasteiger charge is 2.11. The first-order valence-corrected chi connectivity index (χ1v) is 6.28. The summed E-state index contributed by atoms with van der Waals surface area (Å²) in [6.45, 7) is 7.86. The van der Waals surface area contributed by atoms with Crippen molar-refractivity contribution in [2.24, 2.45) is 10.7 Å². The van der Waals surface area contributed by atoms with Crippen LogP contribution < -0.4 is 11.1 Å². The molecule has 0 bridgehead atoms. The van der Waals surface area contributed by atoms with Gasteiger partial charge in [-0.3, -0.25) is 4.99 Å². The number of benzene rings is 1. The van der Waals surface area contributed by atoms with Gasteiger partial charge in [0.25, 0.3) is 0 Å². The van der Waals surface area contributed by atoms with E-state index in [9.17, 15) is 0 Å². The van der Waals surface area contributed by atoms with E-state index in [1.165, 1.54) is 12.0 Å². The molecule has 3 nitrogen and oxygen atoms in total. The molecular weight excluding hydrogens is 210 g/mol. The minimum atomic E-state index is 0.157. The van der Waals surface area contributed by atoms with Gasteiger partial charge in [-0.05, 0) is 6.92 Å². The Bertz CT molecular complexity index is 354. The molecule has 1 atom stereocenters. The second kappa shape index (κ2) is 7.07. The molecule has 3 heteroatoms. The third-order valence-electron chi connectivity index (χ3n) is 2.34. The first-order chi connectivity index (χ1) is 8.17. The summed E-state index contributed by atoms with van der Waals surface area (Å²) in [4.78, 5) is 4.39. The maximum absolute atomic E-state index is 5.73. The summed E-state index contributed by atoms with van der Waals surface area (Å²) in [6.07, 6.45) is 1.25. The molecule has 1 unspecified atom stereocenters. The van der Waals surface area contributed by atoms with Gasteiger partial charge in [0.1, 0.15) is 5.84 Å². The smallest absolute Gasteiger partial charge is 0.128 e. The SMILES string of the molecule is CCC.Cc1ccc(C2=NCC(N)CN2)cc1. The summed E-state index contributed by atoms with van der Waals surface area (Å²) < 4.78 is 0. The van der Waals surface area contributed by atoms with Crippen molar-refractivity contribution in [2.75, 3.05) is 13.1 Å². The van der Waals surface area contributed by atoms with Gasteiger partial charge in [0.05, 0.1) is 6.54 Å². The maximum atomic E-state index is 5.73. The molecule has 0 saturated heterocycles. The monoisotopic (exact) mass is 233 g/mol. The van der Waals surface area contributed by atoms with Crippen molar-refractivity contribution in [1.82, 2.24) is 5.32 Å². The van der Waals surface area contributed by atoms with Crippen LogP contribution in [-0.4, -0.2) is 25.0 Å². The van der Waals surface area contributed by atoms with Crippen LogP contribution in [0.5, 0.6) is 0 Å². The van der Waals surface area contributed by atoms with Crippen molar-refractivity contribution < 1.29 is 0 Å². The number of aliphatic imine (C=N–C) groups is 1. The predicted octanol–water partition coefficient (Wildman–Crippen LogP) is 2.09. The van der Waals surface area contributed by atoms with Gasteiger partial charge in [0.15, 0.2) is 0 Å². The van der Waals surface area contributed by atoms with Crippen LogP contribution in [-0.2, 0) is 0 Å². The molecule has 1 aliphatic heterocycles. The van der Waals surface area contributed by atoms with Crippen molar-refractivity contribution in [3.8, 4) is 0 Å². The summed E-state index contributed by atoms with van der Waals surface area (Å²) in [7, 11) is 0. The number of rotatable bonds is 1. The Kier molecular flexibility index (Phi) is 5.70. The zero-order valence-corrected chi connectivity index (χ0v) is 11.0. The highest BCUT2D eigenvalue weighted by molar-refractivity contribution is 5.99. The molecule has 0 amide bonds. The van der Waals surface area contributed by atoms with Gasteiger partial charge in [-0.2, -0.15) is 0 Å². The summed E-state index contributed by atoms with van der Waals surface area (Å²) in [5.41, 5.74) is 8.14. The summed E-state index contributed by atoms with van der Waals surface area (Å²) in [5, 5.41) is 3.23. The van der Waals surface area contributed by atoms with Crippen molar-refractivity contribution in [2.45, 2.75) is 33.2 Å². The molecule has 1 aromatic carbocycles.